The van der Waals surface area contributed by atoms with Crippen LogP contribution in [0.4, 0.5) is 10.6 Å². The molecule has 2 aliphatic rings. The van der Waals surface area contributed by atoms with Crippen LogP contribution in [0.15, 0.2) is 36.5 Å². The molecule has 2 aliphatic heterocycles. The minimum atomic E-state index is 0.197. The van der Waals surface area contributed by atoms with Gasteiger partial charge in [-0.3, -0.25) is 0 Å². The number of urea groups is 1. The van der Waals surface area contributed by atoms with Crippen molar-refractivity contribution in [1.82, 2.24) is 24.4 Å². The maximum Gasteiger partial charge on any atom is 0.319 e. The first-order valence-corrected chi connectivity index (χ1v) is 11.9. The molecule has 0 radical (unpaired) electrons. The monoisotopic (exact) mass is 472 g/mol. The van der Waals surface area contributed by atoms with Crippen LogP contribution in [0.5, 0.6) is 0 Å². The predicted molar refractivity (Wildman–Crippen MR) is 127 cm³/mol. The number of halogens is 2. The van der Waals surface area contributed by atoms with Crippen molar-refractivity contribution < 1.29 is 4.79 Å². The largest absolute Gasteiger partial charge is 0.366 e. The van der Waals surface area contributed by atoms with Crippen molar-refractivity contribution in [2.45, 2.75) is 38.1 Å². The zero-order valence-electron chi connectivity index (χ0n) is 17.8. The second-order valence-electron chi connectivity index (χ2n) is 8.49. The van der Waals surface area contributed by atoms with Crippen molar-refractivity contribution in [2.24, 2.45) is 0 Å². The molecular weight excluding hydrogens is 447 g/mol. The van der Waals surface area contributed by atoms with E-state index < -0.39 is 0 Å². The van der Waals surface area contributed by atoms with Gasteiger partial charge in [0.05, 0.1) is 6.20 Å². The Morgan fingerprint density at radius 1 is 1.03 bits per heavy atom. The van der Waals surface area contributed by atoms with Crippen LogP contribution >= 0.6 is 23.2 Å². The van der Waals surface area contributed by atoms with Gasteiger partial charge in [0.25, 0.3) is 0 Å². The number of anilines is 1. The Kier molecular flexibility index (Phi) is 6.11. The third-order valence-corrected chi connectivity index (χ3v) is 7.00. The first-order valence-electron chi connectivity index (χ1n) is 11.1. The number of carbonyl (C=O) groups is 1. The summed E-state index contributed by atoms with van der Waals surface area (Å²) in [6.07, 6.45) is 5.82. The van der Waals surface area contributed by atoms with E-state index in [1.807, 2.05) is 28.0 Å². The number of carbonyl (C=O) groups excluding carboxylic acids is 1. The number of fused-ring (bicyclic) bond motifs is 1. The summed E-state index contributed by atoms with van der Waals surface area (Å²) in [5.74, 6) is 1.19. The lowest BCUT2D eigenvalue weighted by molar-refractivity contribution is 0.148. The number of hydrogen-bond acceptors (Lipinski definition) is 4. The van der Waals surface area contributed by atoms with E-state index >= 15 is 0 Å². The Morgan fingerprint density at radius 2 is 1.78 bits per heavy atom. The summed E-state index contributed by atoms with van der Waals surface area (Å²) in [4.78, 5) is 21.5. The van der Waals surface area contributed by atoms with Gasteiger partial charge in [0.2, 0.25) is 0 Å². The molecule has 32 heavy (non-hydrogen) atoms. The first kappa shape index (κ1) is 21.3. The van der Waals surface area contributed by atoms with Crippen LogP contribution in [0.3, 0.4) is 0 Å². The molecule has 0 bridgehead atoms. The lowest BCUT2D eigenvalue weighted by Gasteiger charge is -2.34. The maximum atomic E-state index is 12.7. The van der Waals surface area contributed by atoms with E-state index in [-0.39, 0.29) is 6.03 Å². The molecule has 2 aromatic heterocycles. The van der Waals surface area contributed by atoms with Gasteiger partial charge in [-0.15, -0.1) is 0 Å². The van der Waals surface area contributed by atoms with Gasteiger partial charge in [0.15, 0.2) is 5.65 Å². The molecule has 4 heterocycles. The van der Waals surface area contributed by atoms with Crippen LogP contribution in [0, 0.1) is 0 Å². The summed E-state index contributed by atoms with van der Waals surface area (Å²) in [5, 5.41) is 9.12. The number of nitrogens with zero attached hydrogens (tertiary/aromatic N) is 5. The van der Waals surface area contributed by atoms with E-state index in [0.717, 1.165) is 74.6 Å². The Hall–Kier alpha value is -2.51. The molecular formula is C23H26Cl2N6O. The average Bonchev–Trinajstić information content (AvgIpc) is 3.50. The van der Waals surface area contributed by atoms with Gasteiger partial charge in [0.1, 0.15) is 5.82 Å². The van der Waals surface area contributed by atoms with Crippen LogP contribution in [0.2, 0.25) is 10.0 Å². The molecule has 168 valence electrons. The smallest absolute Gasteiger partial charge is 0.319 e. The topological polar surface area (TPSA) is 65.8 Å². The van der Waals surface area contributed by atoms with Gasteiger partial charge in [-0.2, -0.15) is 9.61 Å². The van der Waals surface area contributed by atoms with Crippen LogP contribution < -0.4 is 5.32 Å². The van der Waals surface area contributed by atoms with Gasteiger partial charge in [-0.25, -0.2) is 9.78 Å². The molecule has 2 saturated heterocycles. The molecule has 0 saturated carbocycles. The molecule has 3 aromatic rings. The highest BCUT2D eigenvalue weighted by molar-refractivity contribution is 6.35. The van der Waals surface area contributed by atoms with Crippen molar-refractivity contribution in [3.8, 4) is 0 Å². The van der Waals surface area contributed by atoms with Gasteiger partial charge in [-0.05, 0) is 43.4 Å². The summed E-state index contributed by atoms with van der Waals surface area (Å²) in [7, 11) is 0. The number of rotatable bonds is 4. The van der Waals surface area contributed by atoms with Crippen LogP contribution in [-0.4, -0.2) is 56.6 Å². The minimum Gasteiger partial charge on any atom is -0.366 e. The number of hydrogen-bond donors (Lipinski definition) is 1. The van der Waals surface area contributed by atoms with Gasteiger partial charge in [-0.1, -0.05) is 29.3 Å². The lowest BCUT2D eigenvalue weighted by Crippen LogP contribution is -2.45. The zero-order valence-corrected chi connectivity index (χ0v) is 19.3. The molecule has 0 atom stereocenters. The maximum absolute atomic E-state index is 12.7. The molecule has 0 unspecified atom stereocenters. The highest BCUT2D eigenvalue weighted by atomic mass is 35.5. The number of likely N-dealkylation sites (tertiary alicyclic amines) is 2. The van der Waals surface area contributed by atoms with E-state index in [4.69, 9.17) is 28.2 Å². The highest BCUT2D eigenvalue weighted by Crippen LogP contribution is 2.30. The Labute approximate surface area is 197 Å². The van der Waals surface area contributed by atoms with Crippen molar-refractivity contribution in [1.29, 1.82) is 0 Å². The predicted octanol–water partition coefficient (Wildman–Crippen LogP) is 5.04. The van der Waals surface area contributed by atoms with Crippen LogP contribution in [0.25, 0.3) is 5.65 Å². The lowest BCUT2D eigenvalue weighted by atomic mass is 9.93. The average molecular weight is 473 g/mol. The van der Waals surface area contributed by atoms with Gasteiger partial charge >= 0.3 is 6.03 Å². The molecule has 1 aromatic carbocycles. The van der Waals surface area contributed by atoms with Crippen LogP contribution in [0.1, 0.15) is 42.9 Å². The summed E-state index contributed by atoms with van der Waals surface area (Å²) < 4.78 is 1.80. The number of amides is 2. The second-order valence-corrected chi connectivity index (χ2v) is 9.34. The Morgan fingerprint density at radius 3 is 2.53 bits per heavy atom. The van der Waals surface area contributed by atoms with E-state index in [1.165, 1.54) is 0 Å². The fourth-order valence-electron chi connectivity index (χ4n) is 4.59. The second kappa shape index (κ2) is 9.16. The number of benzene rings is 1. The van der Waals surface area contributed by atoms with Crippen LogP contribution in [-0.2, 0) is 6.54 Å². The molecule has 0 aliphatic carbocycles. The zero-order chi connectivity index (χ0) is 22.1. The number of nitrogens with one attached hydrogen (secondary N) is 1. The highest BCUT2D eigenvalue weighted by Gasteiger charge is 2.29. The Bertz CT molecular complexity index is 1120. The van der Waals surface area contributed by atoms with Crippen molar-refractivity contribution in [3.63, 3.8) is 0 Å². The fourth-order valence-corrected chi connectivity index (χ4v) is 5.07. The Balaban J connectivity index is 1.30. The van der Waals surface area contributed by atoms with E-state index in [2.05, 4.69) is 16.5 Å². The SMILES string of the molecule is O=C(N1CCCC1)N1CCC(c2cc(NCc3ccc(Cl)cc3Cl)n3nccc3n2)CC1. The summed E-state index contributed by atoms with van der Waals surface area (Å²) in [5.41, 5.74) is 2.81. The summed E-state index contributed by atoms with van der Waals surface area (Å²) in [6, 6.07) is 9.69. The number of piperidine rings is 1. The van der Waals surface area contributed by atoms with Gasteiger partial charge in [0, 0.05) is 66.5 Å². The fraction of sp³-hybridized carbons (Fsp3) is 0.435. The number of aromatic nitrogens is 3. The third-order valence-electron chi connectivity index (χ3n) is 6.41. The first-order chi connectivity index (χ1) is 15.6. The van der Waals surface area contributed by atoms with Crippen molar-refractivity contribution >= 4 is 40.7 Å². The van der Waals surface area contributed by atoms with Gasteiger partial charge < -0.3 is 15.1 Å². The molecule has 0 spiro atoms. The van der Waals surface area contributed by atoms with Crippen molar-refractivity contribution in [3.05, 3.63) is 57.8 Å². The normalized spacial score (nSPS) is 17.3. The molecule has 9 heteroatoms. The van der Waals surface area contributed by atoms with E-state index in [1.54, 1.807) is 16.8 Å². The molecule has 2 amide bonds. The van der Waals surface area contributed by atoms with E-state index in [9.17, 15) is 4.79 Å². The summed E-state index contributed by atoms with van der Waals surface area (Å²) in [6.45, 7) is 3.89. The standard InChI is InChI=1S/C23H26Cl2N6O/c24-18-4-3-17(19(25)13-18)15-26-22-14-20(28-21-5-8-27-31(21)22)16-6-11-30(12-7-16)23(32)29-9-1-2-10-29/h3-5,8,13-14,16,26H,1-2,6-7,9-12,15H2. The van der Waals surface area contributed by atoms with Crippen molar-refractivity contribution in [2.75, 3.05) is 31.5 Å². The molecule has 5 rings (SSSR count). The quantitative estimate of drug-likeness (QED) is 0.577. The third kappa shape index (κ3) is 4.36. The molecule has 2 fully saturated rings. The van der Waals surface area contributed by atoms with E-state index in [0.29, 0.717) is 22.5 Å². The molecule has 1 N–H and O–H groups in total. The molecule has 7 nitrogen and oxygen atoms in total. The minimum absolute atomic E-state index is 0.197. The summed E-state index contributed by atoms with van der Waals surface area (Å²) >= 11 is 12.4.